The summed E-state index contributed by atoms with van der Waals surface area (Å²) in [7, 11) is -2.05. The molecule has 0 spiro atoms. The SMILES string of the molecule is CN(CCOCC1CC1)S(=O)(=O)c1c(Br)cc(N)cc1Br. The zero-order valence-corrected chi connectivity index (χ0v) is 15.7. The lowest BCUT2D eigenvalue weighted by atomic mass is 10.3. The predicted molar refractivity (Wildman–Crippen MR) is 89.6 cm³/mol. The molecule has 0 amide bonds. The third kappa shape index (κ3) is 4.41. The third-order valence-corrected chi connectivity index (χ3v) is 7.02. The third-order valence-electron chi connectivity index (χ3n) is 3.29. The summed E-state index contributed by atoms with van der Waals surface area (Å²) in [4.78, 5) is 0.182. The molecule has 2 N–H and O–H groups in total. The molecule has 1 fully saturated rings. The molecule has 5 nitrogen and oxygen atoms in total. The number of likely N-dealkylation sites (N-methyl/N-ethyl adjacent to an activating group) is 1. The van der Waals surface area contributed by atoms with Crippen LogP contribution in [0.1, 0.15) is 12.8 Å². The Bertz CT molecular complexity index is 595. The minimum Gasteiger partial charge on any atom is -0.399 e. The topological polar surface area (TPSA) is 72.6 Å². The van der Waals surface area contributed by atoms with Crippen molar-refractivity contribution < 1.29 is 13.2 Å². The van der Waals surface area contributed by atoms with Gasteiger partial charge in [-0.15, -0.1) is 0 Å². The van der Waals surface area contributed by atoms with Gasteiger partial charge in [0.2, 0.25) is 10.0 Å². The van der Waals surface area contributed by atoms with Gasteiger partial charge in [0.05, 0.1) is 6.61 Å². The van der Waals surface area contributed by atoms with Crippen LogP contribution in [0, 0.1) is 5.92 Å². The molecule has 0 heterocycles. The van der Waals surface area contributed by atoms with Gasteiger partial charge in [0.1, 0.15) is 4.90 Å². The van der Waals surface area contributed by atoms with Gasteiger partial charge in [-0.3, -0.25) is 0 Å². The van der Waals surface area contributed by atoms with Crippen LogP contribution in [-0.4, -0.2) is 39.5 Å². The number of anilines is 1. The Morgan fingerprint density at radius 3 is 2.43 bits per heavy atom. The van der Waals surface area contributed by atoms with Crippen LogP contribution < -0.4 is 5.73 Å². The number of hydrogen-bond donors (Lipinski definition) is 1. The Morgan fingerprint density at radius 1 is 1.33 bits per heavy atom. The molecule has 0 aliphatic heterocycles. The van der Waals surface area contributed by atoms with Crippen LogP contribution in [0.4, 0.5) is 5.69 Å². The lowest BCUT2D eigenvalue weighted by molar-refractivity contribution is 0.117. The lowest BCUT2D eigenvalue weighted by Crippen LogP contribution is -2.31. The van der Waals surface area contributed by atoms with E-state index in [-0.39, 0.29) is 4.90 Å². The number of ether oxygens (including phenoxy) is 1. The molecule has 1 aromatic rings. The van der Waals surface area contributed by atoms with Crippen LogP contribution >= 0.6 is 31.9 Å². The average Bonchev–Trinajstić information content (AvgIpc) is 3.16. The number of nitrogens with zero attached hydrogens (tertiary/aromatic N) is 1. The highest BCUT2D eigenvalue weighted by Crippen LogP contribution is 2.34. The molecule has 0 atom stereocenters. The average molecular weight is 442 g/mol. The normalized spacial score (nSPS) is 15.6. The molecule has 2 rings (SSSR count). The van der Waals surface area contributed by atoms with E-state index in [0.29, 0.717) is 33.7 Å². The van der Waals surface area contributed by atoms with E-state index >= 15 is 0 Å². The Balaban J connectivity index is 2.05. The number of hydrogen-bond acceptors (Lipinski definition) is 4. The van der Waals surface area contributed by atoms with Crippen LogP contribution in [0.2, 0.25) is 0 Å². The molecule has 0 saturated heterocycles. The van der Waals surface area contributed by atoms with Gasteiger partial charge < -0.3 is 10.5 Å². The number of rotatable bonds is 7. The summed E-state index contributed by atoms with van der Waals surface area (Å²) in [6.45, 7) is 1.44. The maximum Gasteiger partial charge on any atom is 0.245 e. The minimum atomic E-state index is -3.60. The van der Waals surface area contributed by atoms with Crippen LogP contribution in [-0.2, 0) is 14.8 Å². The van der Waals surface area contributed by atoms with Crippen molar-refractivity contribution in [2.24, 2.45) is 5.92 Å². The number of sulfonamides is 1. The first-order valence-corrected chi connectivity index (χ1v) is 9.63. The molecule has 1 aromatic carbocycles. The minimum absolute atomic E-state index is 0.182. The standard InChI is InChI=1S/C13H18Br2N2O3S/c1-17(4-5-20-8-9-2-3-9)21(18,19)13-11(14)6-10(16)7-12(13)15/h6-7,9H,2-5,8,16H2,1H3. The Morgan fingerprint density at radius 2 is 1.90 bits per heavy atom. The van der Waals surface area contributed by atoms with Gasteiger partial charge >= 0.3 is 0 Å². The van der Waals surface area contributed by atoms with E-state index in [0.717, 1.165) is 6.61 Å². The van der Waals surface area contributed by atoms with Crippen molar-refractivity contribution in [3.63, 3.8) is 0 Å². The van der Waals surface area contributed by atoms with Crippen LogP contribution in [0.15, 0.2) is 26.0 Å². The van der Waals surface area contributed by atoms with Crippen molar-refractivity contribution >= 4 is 47.6 Å². The summed E-state index contributed by atoms with van der Waals surface area (Å²) in [6, 6.07) is 3.16. The number of nitrogen functional groups attached to an aromatic ring is 1. The molecule has 1 saturated carbocycles. The number of benzene rings is 1. The molecule has 0 unspecified atom stereocenters. The van der Waals surface area contributed by atoms with E-state index in [1.165, 1.54) is 17.1 Å². The van der Waals surface area contributed by atoms with Gasteiger partial charge in [0.25, 0.3) is 0 Å². The fraction of sp³-hybridized carbons (Fsp3) is 0.538. The maximum atomic E-state index is 12.6. The van der Waals surface area contributed by atoms with Gasteiger partial charge in [-0.25, -0.2) is 8.42 Å². The lowest BCUT2D eigenvalue weighted by Gasteiger charge is -2.19. The second kappa shape index (κ2) is 6.95. The summed E-state index contributed by atoms with van der Waals surface area (Å²) >= 11 is 6.53. The molecule has 8 heteroatoms. The molecule has 1 aliphatic carbocycles. The summed E-state index contributed by atoms with van der Waals surface area (Å²) in [5, 5.41) is 0. The van der Waals surface area contributed by atoms with E-state index in [9.17, 15) is 8.42 Å². The largest absolute Gasteiger partial charge is 0.399 e. The molecular weight excluding hydrogens is 424 g/mol. The van der Waals surface area contributed by atoms with Crippen molar-refractivity contribution in [3.05, 3.63) is 21.1 Å². The summed E-state index contributed by atoms with van der Waals surface area (Å²) in [5.74, 6) is 0.673. The smallest absolute Gasteiger partial charge is 0.245 e. The highest BCUT2D eigenvalue weighted by atomic mass is 79.9. The Kier molecular flexibility index (Phi) is 5.70. The first kappa shape index (κ1) is 17.2. The molecule has 0 radical (unpaired) electrons. The monoisotopic (exact) mass is 440 g/mol. The summed E-state index contributed by atoms with van der Waals surface area (Å²) in [6.07, 6.45) is 2.44. The van der Waals surface area contributed by atoms with E-state index in [1.54, 1.807) is 19.2 Å². The van der Waals surface area contributed by atoms with E-state index in [4.69, 9.17) is 10.5 Å². The molecule has 1 aliphatic rings. The van der Waals surface area contributed by atoms with Crippen molar-refractivity contribution in [1.82, 2.24) is 4.31 Å². The first-order valence-electron chi connectivity index (χ1n) is 6.61. The quantitative estimate of drug-likeness (QED) is 0.521. The second-order valence-corrected chi connectivity index (χ2v) is 8.85. The van der Waals surface area contributed by atoms with Crippen LogP contribution in [0.25, 0.3) is 0 Å². The van der Waals surface area contributed by atoms with E-state index < -0.39 is 10.0 Å². The van der Waals surface area contributed by atoms with Crippen molar-refractivity contribution in [1.29, 1.82) is 0 Å². The fourth-order valence-electron chi connectivity index (χ4n) is 1.83. The predicted octanol–water partition coefficient (Wildman–Crippen LogP) is 2.84. The van der Waals surface area contributed by atoms with Crippen molar-refractivity contribution in [3.8, 4) is 0 Å². The van der Waals surface area contributed by atoms with Crippen molar-refractivity contribution in [2.45, 2.75) is 17.7 Å². The maximum absolute atomic E-state index is 12.6. The second-order valence-electron chi connectivity index (χ2n) is 5.16. The molecule has 0 bridgehead atoms. The van der Waals surface area contributed by atoms with Gasteiger partial charge in [-0.05, 0) is 62.8 Å². The van der Waals surface area contributed by atoms with Gasteiger partial charge in [0.15, 0.2) is 0 Å². The number of nitrogens with two attached hydrogens (primary N) is 1. The van der Waals surface area contributed by atoms with Crippen molar-refractivity contribution in [2.75, 3.05) is 32.5 Å². The van der Waals surface area contributed by atoms with Crippen LogP contribution in [0.3, 0.4) is 0 Å². The summed E-state index contributed by atoms with van der Waals surface area (Å²) < 4.78 is 32.9. The van der Waals surface area contributed by atoms with Gasteiger partial charge in [-0.2, -0.15) is 4.31 Å². The Hall–Kier alpha value is -0.150. The van der Waals surface area contributed by atoms with Gasteiger partial charge in [-0.1, -0.05) is 0 Å². The number of halogens is 2. The molecular formula is C13H18Br2N2O3S. The molecule has 118 valence electrons. The van der Waals surface area contributed by atoms with Crippen LogP contribution in [0.5, 0.6) is 0 Å². The fourth-order valence-corrected chi connectivity index (χ4v) is 5.52. The first-order chi connectivity index (χ1) is 9.82. The zero-order chi connectivity index (χ0) is 15.6. The van der Waals surface area contributed by atoms with E-state index in [2.05, 4.69) is 31.9 Å². The Labute approximate surface area is 142 Å². The van der Waals surface area contributed by atoms with E-state index in [1.807, 2.05) is 0 Å². The highest BCUT2D eigenvalue weighted by molar-refractivity contribution is 9.11. The van der Waals surface area contributed by atoms with Gasteiger partial charge in [0, 0.05) is 34.8 Å². The zero-order valence-electron chi connectivity index (χ0n) is 11.7. The molecule has 0 aromatic heterocycles. The summed E-state index contributed by atoms with van der Waals surface area (Å²) in [5.41, 5.74) is 6.18. The molecule has 21 heavy (non-hydrogen) atoms. The highest BCUT2D eigenvalue weighted by Gasteiger charge is 2.27.